The molecule has 4 heteroatoms. The van der Waals surface area contributed by atoms with E-state index in [0.29, 0.717) is 0 Å². The molecular weight excluding hydrogens is 254 g/mol. The van der Waals surface area contributed by atoms with Gasteiger partial charge in [0.1, 0.15) is 0 Å². The fourth-order valence-corrected chi connectivity index (χ4v) is 4.04. The van der Waals surface area contributed by atoms with Crippen molar-refractivity contribution in [3.05, 3.63) is 34.1 Å². The predicted octanol–water partition coefficient (Wildman–Crippen LogP) is 3.52. The van der Waals surface area contributed by atoms with Gasteiger partial charge in [0, 0.05) is 22.8 Å². The third kappa shape index (κ3) is 2.13. The Morgan fingerprint density at radius 2 is 2.16 bits per heavy atom. The smallest absolute Gasteiger partial charge is 0.194 e. The van der Waals surface area contributed by atoms with Crippen LogP contribution in [0.4, 0.5) is 0 Å². The third-order valence-corrected chi connectivity index (χ3v) is 4.88. The van der Waals surface area contributed by atoms with Crippen molar-refractivity contribution in [3.8, 4) is 5.13 Å². The first-order valence-corrected chi connectivity index (χ1v) is 7.64. The van der Waals surface area contributed by atoms with Gasteiger partial charge in [-0.1, -0.05) is 13.8 Å². The van der Waals surface area contributed by atoms with Gasteiger partial charge in [0.15, 0.2) is 5.13 Å². The molecule has 0 bridgehead atoms. The van der Waals surface area contributed by atoms with Crippen LogP contribution in [0.3, 0.4) is 0 Å². The number of fused-ring (bicyclic) bond motifs is 1. The summed E-state index contributed by atoms with van der Waals surface area (Å²) < 4.78 is 2.30. The second-order valence-electron chi connectivity index (χ2n) is 6.45. The Hall–Kier alpha value is -1.13. The highest BCUT2D eigenvalue weighted by molar-refractivity contribution is 7.12. The largest absolute Gasteiger partial charge is 0.324 e. The van der Waals surface area contributed by atoms with Gasteiger partial charge in [0.25, 0.3) is 0 Å². The molecule has 3 nitrogen and oxygen atoms in total. The minimum absolute atomic E-state index is 0.153. The van der Waals surface area contributed by atoms with Crippen molar-refractivity contribution < 1.29 is 0 Å². The van der Waals surface area contributed by atoms with Gasteiger partial charge in [-0.25, -0.2) is 4.98 Å². The molecule has 0 aliphatic heterocycles. The Bertz CT molecular complexity index is 621. The Morgan fingerprint density at radius 3 is 2.79 bits per heavy atom. The maximum Gasteiger partial charge on any atom is 0.194 e. The second kappa shape index (κ2) is 4.18. The highest BCUT2D eigenvalue weighted by Crippen LogP contribution is 2.42. The fourth-order valence-electron chi connectivity index (χ4n) is 3.16. The van der Waals surface area contributed by atoms with Crippen molar-refractivity contribution in [1.29, 1.82) is 0 Å². The monoisotopic (exact) mass is 275 g/mol. The molecule has 1 unspecified atom stereocenters. The van der Waals surface area contributed by atoms with Crippen LogP contribution < -0.4 is 5.73 Å². The Labute approximate surface area is 118 Å². The molecule has 1 aliphatic rings. The van der Waals surface area contributed by atoms with E-state index in [9.17, 15) is 0 Å². The van der Waals surface area contributed by atoms with Crippen LogP contribution in [0.1, 0.15) is 49.0 Å². The normalized spacial score (nSPS) is 21.4. The molecule has 2 heterocycles. The maximum atomic E-state index is 6.36. The molecule has 0 fully saturated rings. The van der Waals surface area contributed by atoms with Crippen LogP contribution in [-0.2, 0) is 6.42 Å². The molecule has 1 atom stereocenters. The maximum absolute atomic E-state index is 6.36. The van der Waals surface area contributed by atoms with Crippen LogP contribution >= 0.6 is 11.3 Å². The van der Waals surface area contributed by atoms with E-state index >= 15 is 0 Å². The van der Waals surface area contributed by atoms with E-state index in [-0.39, 0.29) is 11.5 Å². The number of nitrogens with two attached hydrogens (primary N) is 1. The average Bonchev–Trinajstić information content (AvgIpc) is 2.81. The number of hydrogen-bond donors (Lipinski definition) is 1. The first-order chi connectivity index (χ1) is 8.87. The number of nitrogens with zero attached hydrogens (tertiary/aromatic N) is 2. The molecule has 19 heavy (non-hydrogen) atoms. The molecule has 102 valence electrons. The van der Waals surface area contributed by atoms with E-state index in [0.717, 1.165) is 23.7 Å². The van der Waals surface area contributed by atoms with Crippen molar-refractivity contribution in [2.45, 2.75) is 46.6 Å². The first kappa shape index (κ1) is 12.9. The van der Waals surface area contributed by atoms with Crippen LogP contribution in [0, 0.1) is 19.3 Å². The lowest BCUT2D eigenvalue weighted by Crippen LogP contribution is -2.30. The van der Waals surface area contributed by atoms with Gasteiger partial charge in [-0.05, 0) is 43.7 Å². The number of rotatable bonds is 1. The van der Waals surface area contributed by atoms with Crippen molar-refractivity contribution in [1.82, 2.24) is 9.55 Å². The minimum Gasteiger partial charge on any atom is -0.324 e. The highest BCUT2D eigenvalue weighted by Gasteiger charge is 2.33. The molecule has 0 radical (unpaired) electrons. The fraction of sp³-hybridized carbons (Fsp3) is 0.533. The predicted molar refractivity (Wildman–Crippen MR) is 79.9 cm³/mol. The molecule has 0 saturated heterocycles. The zero-order chi connectivity index (χ0) is 13.8. The van der Waals surface area contributed by atoms with Gasteiger partial charge in [-0.3, -0.25) is 4.57 Å². The molecular formula is C15H21N3S. The number of aryl methyl sites for hydroxylation is 2. The quantitative estimate of drug-likeness (QED) is 0.865. The zero-order valence-corrected chi connectivity index (χ0v) is 12.8. The SMILES string of the molecule is Cc1csc(-n2c(C)cc3c2CC(C)(C)CC3N)n1. The van der Waals surface area contributed by atoms with E-state index in [1.54, 1.807) is 11.3 Å². The second-order valence-corrected chi connectivity index (χ2v) is 7.28. The van der Waals surface area contributed by atoms with Crippen LogP contribution in [0.25, 0.3) is 5.13 Å². The van der Waals surface area contributed by atoms with E-state index < -0.39 is 0 Å². The lowest BCUT2D eigenvalue weighted by atomic mass is 9.74. The van der Waals surface area contributed by atoms with Crippen LogP contribution in [0.5, 0.6) is 0 Å². The van der Waals surface area contributed by atoms with Crippen molar-refractivity contribution in [2.75, 3.05) is 0 Å². The number of aromatic nitrogens is 2. The summed E-state index contributed by atoms with van der Waals surface area (Å²) in [5.74, 6) is 0. The molecule has 2 N–H and O–H groups in total. The summed E-state index contributed by atoms with van der Waals surface area (Å²) in [5, 5.41) is 3.18. The lowest BCUT2D eigenvalue weighted by Gasteiger charge is -2.34. The molecule has 0 spiro atoms. The summed E-state index contributed by atoms with van der Waals surface area (Å²) in [6, 6.07) is 2.39. The molecule has 2 aromatic heterocycles. The standard InChI is InChI=1S/C15H21N3S/c1-9-8-19-14(17-9)18-10(2)5-11-12(16)6-15(3,4)7-13(11)18/h5,8,12H,6-7,16H2,1-4H3. The van der Waals surface area contributed by atoms with Crippen LogP contribution in [0.15, 0.2) is 11.4 Å². The highest BCUT2D eigenvalue weighted by atomic mass is 32.1. The van der Waals surface area contributed by atoms with Crippen LogP contribution in [0.2, 0.25) is 0 Å². The van der Waals surface area contributed by atoms with Gasteiger partial charge < -0.3 is 5.73 Å². The van der Waals surface area contributed by atoms with E-state index in [2.05, 4.69) is 41.8 Å². The lowest BCUT2D eigenvalue weighted by molar-refractivity contribution is 0.278. The average molecular weight is 275 g/mol. The summed E-state index contributed by atoms with van der Waals surface area (Å²) >= 11 is 1.71. The Balaban J connectivity index is 2.17. The number of hydrogen-bond acceptors (Lipinski definition) is 3. The summed E-state index contributed by atoms with van der Waals surface area (Å²) in [4.78, 5) is 4.64. The van der Waals surface area contributed by atoms with E-state index in [1.165, 1.54) is 17.0 Å². The van der Waals surface area contributed by atoms with Gasteiger partial charge in [-0.15, -0.1) is 11.3 Å². The molecule has 1 aliphatic carbocycles. The number of thiazole rings is 1. The Morgan fingerprint density at radius 1 is 1.42 bits per heavy atom. The van der Waals surface area contributed by atoms with E-state index in [4.69, 9.17) is 5.73 Å². The first-order valence-electron chi connectivity index (χ1n) is 6.76. The summed E-state index contributed by atoms with van der Waals surface area (Å²) in [6.07, 6.45) is 2.13. The van der Waals surface area contributed by atoms with Gasteiger partial charge in [0.2, 0.25) is 0 Å². The van der Waals surface area contributed by atoms with Gasteiger partial charge in [-0.2, -0.15) is 0 Å². The van der Waals surface area contributed by atoms with Crippen molar-refractivity contribution in [3.63, 3.8) is 0 Å². The minimum atomic E-state index is 0.153. The zero-order valence-electron chi connectivity index (χ0n) is 12.0. The molecule has 2 aromatic rings. The summed E-state index contributed by atoms with van der Waals surface area (Å²) in [5.41, 5.74) is 11.6. The third-order valence-electron chi connectivity index (χ3n) is 3.94. The summed E-state index contributed by atoms with van der Waals surface area (Å²) in [6.45, 7) is 8.79. The van der Waals surface area contributed by atoms with Crippen molar-refractivity contribution >= 4 is 11.3 Å². The van der Waals surface area contributed by atoms with Crippen molar-refractivity contribution in [2.24, 2.45) is 11.1 Å². The molecule has 3 rings (SSSR count). The van der Waals surface area contributed by atoms with E-state index in [1.807, 2.05) is 6.92 Å². The topological polar surface area (TPSA) is 43.8 Å². The van der Waals surface area contributed by atoms with Gasteiger partial charge >= 0.3 is 0 Å². The Kier molecular flexibility index (Phi) is 2.84. The molecule has 0 saturated carbocycles. The van der Waals surface area contributed by atoms with Gasteiger partial charge in [0.05, 0.1) is 5.69 Å². The van der Waals surface area contributed by atoms with Crippen LogP contribution in [-0.4, -0.2) is 9.55 Å². The molecule has 0 aromatic carbocycles. The summed E-state index contributed by atoms with van der Waals surface area (Å²) in [7, 11) is 0. The molecule has 0 amide bonds.